The van der Waals surface area contributed by atoms with E-state index in [9.17, 15) is 24.6 Å². The van der Waals surface area contributed by atoms with Gasteiger partial charge in [-0.15, -0.1) is 0 Å². The van der Waals surface area contributed by atoms with Gasteiger partial charge < -0.3 is 25.1 Å². The molecule has 0 spiro atoms. The number of carboxylic acids is 2. The molecule has 8 heteroatoms. The molecule has 0 aromatic carbocycles. The van der Waals surface area contributed by atoms with Crippen LogP contribution in [0.3, 0.4) is 0 Å². The molecule has 0 aliphatic rings. The van der Waals surface area contributed by atoms with E-state index in [1.807, 2.05) is 5.32 Å². The van der Waals surface area contributed by atoms with Crippen molar-refractivity contribution in [3.63, 3.8) is 0 Å². The summed E-state index contributed by atoms with van der Waals surface area (Å²) in [6, 6.07) is -1.33. The first kappa shape index (κ1) is 21.4. The predicted molar refractivity (Wildman–Crippen MR) is 41.4 cm³/mol. The maximum atomic E-state index is 10.7. The van der Waals surface area contributed by atoms with E-state index in [2.05, 4.69) is 6.58 Å². The van der Waals surface area contributed by atoms with E-state index in [1.54, 1.807) is 0 Å². The van der Waals surface area contributed by atoms with E-state index in [0.29, 0.717) is 0 Å². The molecule has 16 heavy (non-hydrogen) atoms. The fraction of sp³-hybridized carbons (Fsp3) is 0.375. The van der Waals surface area contributed by atoms with Gasteiger partial charge in [0.05, 0.1) is 12.0 Å². The van der Waals surface area contributed by atoms with E-state index in [1.165, 1.54) is 0 Å². The van der Waals surface area contributed by atoms with Gasteiger partial charge in [-0.2, -0.15) is 0 Å². The largest absolute Gasteiger partial charge is 1.00 e. The van der Waals surface area contributed by atoms with Crippen LogP contribution in [0.4, 0.5) is 0 Å². The van der Waals surface area contributed by atoms with Crippen molar-refractivity contribution in [2.45, 2.75) is 18.9 Å². The number of carbonyl (C=O) groups excluding carboxylic acids is 3. The number of hydrogen-bond acceptors (Lipinski definition) is 5. The molecule has 1 atom stereocenters. The monoisotopic (exact) mass is 245 g/mol. The van der Waals surface area contributed by atoms with Crippen LogP contribution < -0.4 is 74.6 Å². The van der Waals surface area contributed by atoms with Crippen molar-refractivity contribution in [3.05, 3.63) is 12.7 Å². The van der Waals surface area contributed by atoms with Gasteiger partial charge in [0.15, 0.2) is 0 Å². The Morgan fingerprint density at radius 2 is 1.75 bits per heavy atom. The zero-order chi connectivity index (χ0) is 11.1. The van der Waals surface area contributed by atoms with E-state index >= 15 is 0 Å². The first-order valence-electron chi connectivity index (χ1n) is 3.81. The summed E-state index contributed by atoms with van der Waals surface area (Å²) in [5, 5.41) is 22.4. The third-order valence-electron chi connectivity index (χ3n) is 1.42. The SMILES string of the molecule is C=CC(=O)N[C@@H](CCC(=O)[O-])C(=O)[O-].[Na+].[Na+]. The number of hydrogen-bond donors (Lipinski definition) is 1. The zero-order valence-electron chi connectivity index (χ0n) is 9.32. The van der Waals surface area contributed by atoms with E-state index < -0.39 is 30.3 Å². The molecule has 0 saturated carbocycles. The molecule has 0 unspecified atom stereocenters. The second kappa shape index (κ2) is 11.6. The summed E-state index contributed by atoms with van der Waals surface area (Å²) in [4.78, 5) is 31.1. The van der Waals surface area contributed by atoms with Gasteiger partial charge >= 0.3 is 59.1 Å². The molecule has 0 radical (unpaired) electrons. The van der Waals surface area contributed by atoms with E-state index in [0.717, 1.165) is 6.08 Å². The van der Waals surface area contributed by atoms with E-state index in [-0.39, 0.29) is 65.5 Å². The Balaban J connectivity index is -0.000000845. The van der Waals surface area contributed by atoms with Crippen LogP contribution in [0.15, 0.2) is 12.7 Å². The molecular weight excluding hydrogens is 236 g/mol. The number of aliphatic carboxylic acids is 2. The second-order valence-electron chi connectivity index (χ2n) is 2.50. The van der Waals surface area contributed by atoms with Crippen LogP contribution in [0.2, 0.25) is 0 Å². The maximum Gasteiger partial charge on any atom is 1.00 e. The van der Waals surface area contributed by atoms with Crippen molar-refractivity contribution >= 4 is 17.8 Å². The molecule has 0 aromatic heterocycles. The number of rotatable bonds is 6. The van der Waals surface area contributed by atoms with Crippen LogP contribution in [0.5, 0.6) is 0 Å². The Hall–Kier alpha value is 0.150. The summed E-state index contributed by atoms with van der Waals surface area (Å²) in [5.41, 5.74) is 0. The third kappa shape index (κ3) is 10.7. The van der Waals surface area contributed by atoms with Crippen LogP contribution in [0.1, 0.15) is 12.8 Å². The summed E-state index contributed by atoms with van der Waals surface area (Å²) < 4.78 is 0. The van der Waals surface area contributed by atoms with Crippen molar-refractivity contribution in [1.82, 2.24) is 5.32 Å². The van der Waals surface area contributed by atoms with Crippen LogP contribution >= 0.6 is 0 Å². The molecule has 78 valence electrons. The van der Waals surface area contributed by atoms with E-state index in [4.69, 9.17) is 0 Å². The van der Waals surface area contributed by atoms with Crippen molar-refractivity contribution in [3.8, 4) is 0 Å². The molecule has 0 aliphatic heterocycles. The molecule has 1 amide bonds. The van der Waals surface area contributed by atoms with Crippen LogP contribution in [-0.2, 0) is 14.4 Å². The number of carbonyl (C=O) groups is 3. The molecule has 0 rings (SSSR count). The van der Waals surface area contributed by atoms with Gasteiger partial charge in [-0.3, -0.25) is 4.79 Å². The van der Waals surface area contributed by atoms with Crippen molar-refractivity contribution in [2.75, 3.05) is 0 Å². The summed E-state index contributed by atoms with van der Waals surface area (Å²) in [7, 11) is 0. The van der Waals surface area contributed by atoms with Gasteiger partial charge in [0.1, 0.15) is 0 Å². The van der Waals surface area contributed by atoms with Gasteiger partial charge in [-0.25, -0.2) is 0 Å². The average Bonchev–Trinajstić information content (AvgIpc) is 2.10. The predicted octanol–water partition coefficient (Wildman–Crippen LogP) is -9.05. The minimum Gasteiger partial charge on any atom is -0.550 e. The minimum absolute atomic E-state index is 0. The van der Waals surface area contributed by atoms with Gasteiger partial charge in [0.2, 0.25) is 5.91 Å². The van der Waals surface area contributed by atoms with Crippen molar-refractivity contribution in [2.24, 2.45) is 0 Å². The summed E-state index contributed by atoms with van der Waals surface area (Å²) in [6.07, 6.45) is 0.148. The quantitative estimate of drug-likeness (QED) is 0.369. The Labute approximate surface area is 137 Å². The van der Waals surface area contributed by atoms with Crippen LogP contribution in [0, 0.1) is 0 Å². The first-order valence-corrected chi connectivity index (χ1v) is 3.81. The first-order chi connectivity index (χ1) is 6.47. The normalized spacial score (nSPS) is 10.0. The Morgan fingerprint density at radius 1 is 1.25 bits per heavy atom. The summed E-state index contributed by atoms with van der Waals surface area (Å²) >= 11 is 0. The second-order valence-corrected chi connectivity index (χ2v) is 2.50. The van der Waals surface area contributed by atoms with Gasteiger partial charge in [0.25, 0.3) is 0 Å². The number of amides is 1. The third-order valence-corrected chi connectivity index (χ3v) is 1.42. The Kier molecular flexibility index (Phi) is 15.6. The average molecular weight is 245 g/mol. The molecule has 0 heterocycles. The van der Waals surface area contributed by atoms with Crippen molar-refractivity contribution < 1.29 is 83.7 Å². The zero-order valence-corrected chi connectivity index (χ0v) is 13.3. The molecular formula is C8H9NNa2O5. The van der Waals surface area contributed by atoms with Gasteiger partial charge in [-0.05, 0) is 18.9 Å². The number of carboxylic acid groups (broad SMARTS) is 2. The fourth-order valence-electron chi connectivity index (χ4n) is 0.742. The molecule has 0 saturated heterocycles. The summed E-state index contributed by atoms with van der Waals surface area (Å²) in [5.74, 6) is -3.62. The molecule has 0 aliphatic carbocycles. The smallest absolute Gasteiger partial charge is 0.550 e. The van der Waals surface area contributed by atoms with Gasteiger partial charge in [0, 0.05) is 5.97 Å². The molecule has 0 fully saturated rings. The summed E-state index contributed by atoms with van der Waals surface area (Å²) in [6.45, 7) is 3.11. The maximum absolute atomic E-state index is 10.7. The molecule has 6 nitrogen and oxygen atoms in total. The van der Waals surface area contributed by atoms with Crippen LogP contribution in [-0.4, -0.2) is 23.9 Å². The molecule has 1 N–H and O–H groups in total. The van der Waals surface area contributed by atoms with Crippen LogP contribution in [0.25, 0.3) is 0 Å². The Bertz CT molecular complexity index is 269. The molecule has 0 aromatic rings. The minimum atomic E-state index is -1.54. The number of nitrogens with one attached hydrogen (secondary N) is 1. The van der Waals surface area contributed by atoms with Crippen molar-refractivity contribution in [1.29, 1.82) is 0 Å². The topological polar surface area (TPSA) is 109 Å². The molecule has 0 bridgehead atoms. The fourth-order valence-corrected chi connectivity index (χ4v) is 0.742. The standard InChI is InChI=1S/C8H11NO5.2Na/c1-2-6(10)9-5(8(13)14)3-4-7(11)12;;/h2,5H,1,3-4H2,(H,9,10)(H,11,12)(H,13,14);;/q;2*+1/p-2/t5-;;/m0../s1. The Morgan fingerprint density at radius 3 is 2.06 bits per heavy atom. The van der Waals surface area contributed by atoms with Gasteiger partial charge in [-0.1, -0.05) is 6.58 Å².